The molecular weight excluding hydrogens is 350 g/mol. The van der Waals surface area contributed by atoms with Crippen LogP contribution in [-0.4, -0.2) is 41.1 Å². The second kappa shape index (κ2) is 8.73. The van der Waals surface area contributed by atoms with Crippen molar-refractivity contribution in [2.75, 3.05) is 13.7 Å². The fraction of sp³-hybridized carbons (Fsp3) is 0.400. The van der Waals surface area contributed by atoms with Crippen molar-refractivity contribution < 1.29 is 28.9 Å². The number of ether oxygens (including phenoxy) is 3. The van der Waals surface area contributed by atoms with Gasteiger partial charge in [-0.25, -0.2) is 14.2 Å². The predicted molar refractivity (Wildman–Crippen MR) is 99.0 cm³/mol. The van der Waals surface area contributed by atoms with Gasteiger partial charge >= 0.3 is 12.1 Å². The molecule has 0 unspecified atom stereocenters. The summed E-state index contributed by atoms with van der Waals surface area (Å²) in [6, 6.07) is 8.64. The number of methoxy groups -OCH3 is 1. The molecule has 0 amide bonds. The molecule has 0 saturated carbocycles. The number of rotatable bonds is 6. The van der Waals surface area contributed by atoms with Crippen LogP contribution in [0.25, 0.3) is 0 Å². The van der Waals surface area contributed by atoms with Crippen LogP contribution < -0.4 is 4.74 Å². The number of aromatic nitrogens is 1. The van der Waals surface area contributed by atoms with E-state index in [1.54, 1.807) is 52.1 Å². The lowest BCUT2D eigenvalue weighted by atomic mass is 10.2. The minimum atomic E-state index is -0.706. The van der Waals surface area contributed by atoms with E-state index in [0.717, 1.165) is 10.1 Å². The van der Waals surface area contributed by atoms with Crippen LogP contribution in [-0.2, 0) is 22.5 Å². The summed E-state index contributed by atoms with van der Waals surface area (Å²) >= 11 is 0. The lowest BCUT2D eigenvalue weighted by Crippen LogP contribution is -2.28. The third-order valence-corrected chi connectivity index (χ3v) is 3.61. The Hall–Kier alpha value is -2.80. The maximum atomic E-state index is 12.5. The molecule has 1 heterocycles. The van der Waals surface area contributed by atoms with Crippen molar-refractivity contribution in [2.45, 2.75) is 39.4 Å². The summed E-state index contributed by atoms with van der Waals surface area (Å²) in [5, 5.41) is 9.13. The number of benzene rings is 1. The summed E-state index contributed by atoms with van der Waals surface area (Å²) in [5.74, 6) is 0.0541. The zero-order valence-corrected chi connectivity index (χ0v) is 16.0. The molecule has 0 fully saturated rings. The van der Waals surface area contributed by atoms with Crippen LogP contribution in [0.2, 0.25) is 0 Å². The highest BCUT2D eigenvalue weighted by molar-refractivity contribution is 5.92. The fourth-order valence-electron chi connectivity index (χ4n) is 2.35. The molecule has 1 aromatic heterocycles. The van der Waals surface area contributed by atoms with Crippen molar-refractivity contribution in [1.29, 1.82) is 0 Å². The van der Waals surface area contributed by atoms with E-state index in [0.29, 0.717) is 17.7 Å². The molecule has 0 aliphatic carbocycles. The third-order valence-electron chi connectivity index (χ3n) is 3.61. The molecule has 0 aliphatic heterocycles. The van der Waals surface area contributed by atoms with E-state index in [1.807, 2.05) is 0 Å². The van der Waals surface area contributed by atoms with Crippen LogP contribution in [0.4, 0.5) is 4.79 Å². The number of carbonyl (C=O) groups excluding carboxylic acids is 2. The van der Waals surface area contributed by atoms with E-state index < -0.39 is 17.7 Å². The summed E-state index contributed by atoms with van der Waals surface area (Å²) in [5.41, 5.74) is 0.777. The lowest BCUT2D eigenvalue weighted by molar-refractivity contribution is 0.0415. The van der Waals surface area contributed by atoms with Crippen molar-refractivity contribution >= 4 is 12.1 Å². The Kier molecular flexibility index (Phi) is 6.63. The Morgan fingerprint density at radius 3 is 2.33 bits per heavy atom. The quantitative estimate of drug-likeness (QED) is 0.781. The van der Waals surface area contributed by atoms with Crippen LogP contribution >= 0.6 is 0 Å². The molecule has 1 N–H and O–H groups in total. The van der Waals surface area contributed by atoms with Gasteiger partial charge in [0.15, 0.2) is 0 Å². The van der Waals surface area contributed by atoms with Crippen LogP contribution in [0.5, 0.6) is 5.75 Å². The molecule has 1 aromatic carbocycles. The van der Waals surface area contributed by atoms with Crippen molar-refractivity contribution in [3.63, 3.8) is 0 Å². The zero-order valence-electron chi connectivity index (χ0n) is 16.0. The summed E-state index contributed by atoms with van der Waals surface area (Å²) in [6.07, 6.45) is 1.12. The molecule has 7 nitrogen and oxygen atoms in total. The number of nitrogens with zero attached hydrogens (tertiary/aromatic N) is 1. The van der Waals surface area contributed by atoms with Crippen LogP contribution in [0.15, 0.2) is 36.5 Å². The first-order chi connectivity index (χ1) is 12.7. The zero-order chi connectivity index (χ0) is 20.0. The molecule has 0 saturated heterocycles. The first kappa shape index (κ1) is 20.5. The van der Waals surface area contributed by atoms with Gasteiger partial charge in [0.1, 0.15) is 23.7 Å². The van der Waals surface area contributed by atoms with E-state index in [-0.39, 0.29) is 18.9 Å². The van der Waals surface area contributed by atoms with Crippen molar-refractivity contribution in [2.24, 2.45) is 0 Å². The van der Waals surface area contributed by atoms with Crippen molar-refractivity contribution in [3.05, 3.63) is 53.3 Å². The molecule has 0 atom stereocenters. The highest BCUT2D eigenvalue weighted by Gasteiger charge is 2.24. The standard InChI is InChI=1S/C20H25NO6/c1-20(2,3)27-19(24)21-12-15(9-10-22)11-17(21)18(23)26-13-14-5-7-16(25-4)8-6-14/h5-8,11-12,22H,9-10,13H2,1-4H3. The summed E-state index contributed by atoms with van der Waals surface area (Å²) in [4.78, 5) is 24.9. The number of carbonyl (C=O) groups is 2. The number of hydrogen-bond acceptors (Lipinski definition) is 6. The summed E-state index contributed by atoms with van der Waals surface area (Å²) in [7, 11) is 1.57. The Balaban J connectivity index is 2.16. The second-order valence-corrected chi connectivity index (χ2v) is 6.98. The van der Waals surface area contributed by atoms with E-state index >= 15 is 0 Å². The maximum absolute atomic E-state index is 12.5. The van der Waals surface area contributed by atoms with E-state index in [1.165, 1.54) is 12.3 Å². The molecule has 27 heavy (non-hydrogen) atoms. The van der Waals surface area contributed by atoms with Gasteiger partial charge < -0.3 is 19.3 Å². The molecule has 0 bridgehead atoms. The molecule has 146 valence electrons. The topological polar surface area (TPSA) is 87.0 Å². The van der Waals surface area contributed by atoms with Crippen LogP contribution in [0, 0.1) is 0 Å². The summed E-state index contributed by atoms with van der Waals surface area (Å²) in [6.45, 7) is 5.18. The normalized spacial score (nSPS) is 11.1. The minimum Gasteiger partial charge on any atom is -0.497 e. The average molecular weight is 375 g/mol. The molecule has 0 radical (unpaired) electrons. The van der Waals surface area contributed by atoms with Gasteiger partial charge in [-0.2, -0.15) is 0 Å². The highest BCUT2D eigenvalue weighted by atomic mass is 16.6. The smallest absolute Gasteiger partial charge is 0.419 e. The third kappa shape index (κ3) is 5.86. The van der Waals surface area contributed by atoms with E-state index in [9.17, 15) is 9.59 Å². The Morgan fingerprint density at radius 2 is 1.78 bits per heavy atom. The van der Waals surface area contributed by atoms with E-state index in [2.05, 4.69) is 0 Å². The maximum Gasteiger partial charge on any atom is 0.419 e. The molecule has 0 aliphatic rings. The monoisotopic (exact) mass is 375 g/mol. The SMILES string of the molecule is COc1ccc(COC(=O)c2cc(CCO)cn2C(=O)OC(C)(C)C)cc1. The van der Waals surface area contributed by atoms with Gasteiger partial charge in [-0.3, -0.25) is 0 Å². The number of aliphatic hydroxyl groups excluding tert-OH is 1. The number of aliphatic hydroxyl groups is 1. The lowest BCUT2D eigenvalue weighted by Gasteiger charge is -2.20. The van der Waals surface area contributed by atoms with Crippen molar-refractivity contribution in [3.8, 4) is 5.75 Å². The molecule has 2 rings (SSSR count). The van der Waals surface area contributed by atoms with Gasteiger partial charge in [0.25, 0.3) is 0 Å². The first-order valence-electron chi connectivity index (χ1n) is 8.59. The van der Waals surface area contributed by atoms with Crippen molar-refractivity contribution in [1.82, 2.24) is 4.57 Å². The Labute approximate surface area is 158 Å². The highest BCUT2D eigenvalue weighted by Crippen LogP contribution is 2.17. The first-order valence-corrected chi connectivity index (χ1v) is 8.59. The van der Waals surface area contributed by atoms with Crippen LogP contribution in [0.3, 0.4) is 0 Å². The summed E-state index contributed by atoms with van der Waals surface area (Å²) < 4.78 is 16.9. The molecule has 0 spiro atoms. The van der Waals surface area contributed by atoms with Gasteiger partial charge in [-0.05, 0) is 56.5 Å². The van der Waals surface area contributed by atoms with Gasteiger partial charge in [0.05, 0.1) is 7.11 Å². The van der Waals surface area contributed by atoms with Gasteiger partial charge in [0.2, 0.25) is 0 Å². The molecular formula is C20H25NO6. The minimum absolute atomic E-state index is 0.0532. The Bertz CT molecular complexity index is 786. The van der Waals surface area contributed by atoms with Gasteiger partial charge in [-0.15, -0.1) is 0 Å². The largest absolute Gasteiger partial charge is 0.497 e. The predicted octanol–water partition coefficient (Wildman–Crippen LogP) is 3.17. The van der Waals surface area contributed by atoms with E-state index in [4.69, 9.17) is 19.3 Å². The molecule has 2 aromatic rings. The Morgan fingerprint density at radius 1 is 1.11 bits per heavy atom. The van der Waals surface area contributed by atoms with Gasteiger partial charge in [-0.1, -0.05) is 12.1 Å². The number of esters is 1. The molecule has 7 heteroatoms. The van der Waals surface area contributed by atoms with Gasteiger partial charge in [0, 0.05) is 12.8 Å². The van der Waals surface area contributed by atoms with Crippen LogP contribution in [0.1, 0.15) is 42.4 Å². The average Bonchev–Trinajstić information content (AvgIpc) is 3.03. The fourth-order valence-corrected chi connectivity index (χ4v) is 2.35. The second-order valence-electron chi connectivity index (χ2n) is 6.98. The number of hydrogen-bond donors (Lipinski definition) is 1.